The van der Waals surface area contributed by atoms with Gasteiger partial charge < -0.3 is 10.3 Å². The highest BCUT2D eigenvalue weighted by molar-refractivity contribution is 9.10. The Labute approximate surface area is 113 Å². The Bertz CT molecular complexity index is 675. The zero-order valence-electron chi connectivity index (χ0n) is 9.65. The van der Waals surface area contributed by atoms with Crippen molar-refractivity contribution in [3.63, 3.8) is 0 Å². The molecule has 0 spiro atoms. The number of rotatable bonds is 3. The molecule has 0 fully saturated rings. The van der Waals surface area contributed by atoms with Gasteiger partial charge in [0, 0.05) is 34.5 Å². The Balaban J connectivity index is 1.83. The summed E-state index contributed by atoms with van der Waals surface area (Å²) in [5.41, 5.74) is 3.24. The predicted molar refractivity (Wildman–Crippen MR) is 77.6 cm³/mol. The van der Waals surface area contributed by atoms with Gasteiger partial charge in [-0.15, -0.1) is 0 Å². The van der Waals surface area contributed by atoms with Crippen LogP contribution in [0.4, 0.5) is 5.69 Å². The third-order valence-electron chi connectivity index (χ3n) is 2.88. The Kier molecular flexibility index (Phi) is 3.02. The molecule has 2 N–H and O–H groups in total. The molecule has 0 radical (unpaired) electrons. The molecule has 0 atom stereocenters. The molecule has 0 aliphatic carbocycles. The lowest BCUT2D eigenvalue weighted by atomic mass is 10.2. The maximum Gasteiger partial charge on any atom is 0.137 e. The quantitative estimate of drug-likeness (QED) is 0.769. The van der Waals surface area contributed by atoms with Crippen LogP contribution >= 0.6 is 15.9 Å². The molecule has 0 unspecified atom stereocenters. The van der Waals surface area contributed by atoms with E-state index in [1.165, 1.54) is 5.56 Å². The lowest BCUT2D eigenvalue weighted by molar-refractivity contribution is 1.16. The van der Waals surface area contributed by atoms with E-state index >= 15 is 0 Å². The van der Waals surface area contributed by atoms with E-state index < -0.39 is 0 Å². The van der Waals surface area contributed by atoms with E-state index in [1.807, 2.05) is 30.5 Å². The van der Waals surface area contributed by atoms with Gasteiger partial charge in [0.05, 0.1) is 0 Å². The smallest absolute Gasteiger partial charge is 0.137 e. The summed E-state index contributed by atoms with van der Waals surface area (Å²) in [6, 6.07) is 12.1. The first-order chi connectivity index (χ1) is 8.84. The number of nitrogens with zero attached hydrogens (tertiary/aromatic N) is 1. The van der Waals surface area contributed by atoms with Gasteiger partial charge in [0.25, 0.3) is 0 Å². The maximum absolute atomic E-state index is 4.28. The fourth-order valence-electron chi connectivity index (χ4n) is 1.95. The molecule has 4 heteroatoms. The molecule has 18 heavy (non-hydrogen) atoms. The van der Waals surface area contributed by atoms with Crippen LogP contribution in [0.1, 0.15) is 5.56 Å². The van der Waals surface area contributed by atoms with Gasteiger partial charge >= 0.3 is 0 Å². The van der Waals surface area contributed by atoms with Crippen LogP contribution in [0, 0.1) is 0 Å². The molecule has 3 aromatic rings. The van der Waals surface area contributed by atoms with Gasteiger partial charge in [-0.3, -0.25) is 0 Å². The summed E-state index contributed by atoms with van der Waals surface area (Å²) in [7, 11) is 0. The van der Waals surface area contributed by atoms with Crippen molar-refractivity contribution in [1.82, 2.24) is 9.97 Å². The van der Waals surface area contributed by atoms with Crippen molar-refractivity contribution in [2.75, 3.05) is 5.32 Å². The van der Waals surface area contributed by atoms with E-state index in [0.29, 0.717) is 0 Å². The minimum Gasteiger partial charge on any atom is -0.380 e. The highest BCUT2D eigenvalue weighted by Gasteiger charge is 2.04. The minimum absolute atomic E-state index is 0.772. The first kappa shape index (κ1) is 11.3. The van der Waals surface area contributed by atoms with Crippen LogP contribution in [0.3, 0.4) is 0 Å². The van der Waals surface area contributed by atoms with E-state index in [1.54, 1.807) is 6.20 Å². The van der Waals surface area contributed by atoms with Crippen molar-refractivity contribution in [2.45, 2.75) is 6.54 Å². The number of benzene rings is 1. The zero-order valence-corrected chi connectivity index (χ0v) is 11.2. The van der Waals surface area contributed by atoms with Gasteiger partial charge in [-0.05, 0) is 45.8 Å². The fraction of sp³-hybridized carbons (Fsp3) is 0.0714. The molecule has 1 aromatic carbocycles. The molecule has 2 heterocycles. The summed E-state index contributed by atoms with van der Waals surface area (Å²) >= 11 is 3.53. The largest absolute Gasteiger partial charge is 0.380 e. The normalized spacial score (nSPS) is 10.7. The van der Waals surface area contributed by atoms with Crippen LogP contribution in [0.25, 0.3) is 11.0 Å². The molecule has 0 aliphatic rings. The van der Waals surface area contributed by atoms with Crippen LogP contribution in [0.5, 0.6) is 0 Å². The summed E-state index contributed by atoms with van der Waals surface area (Å²) in [6.45, 7) is 0.772. The number of hydrogen-bond donors (Lipinski definition) is 2. The predicted octanol–water partition coefficient (Wildman–Crippen LogP) is 3.94. The van der Waals surface area contributed by atoms with Crippen molar-refractivity contribution in [2.24, 2.45) is 0 Å². The van der Waals surface area contributed by atoms with Crippen molar-refractivity contribution in [3.8, 4) is 0 Å². The number of nitrogens with one attached hydrogen (secondary N) is 2. The van der Waals surface area contributed by atoms with E-state index in [4.69, 9.17) is 0 Å². The number of halogens is 1. The highest BCUT2D eigenvalue weighted by atomic mass is 79.9. The Hall–Kier alpha value is -1.81. The number of para-hydroxylation sites is 1. The molecule has 3 rings (SSSR count). The number of H-pyrrole nitrogens is 1. The number of fused-ring (bicyclic) bond motifs is 1. The van der Waals surface area contributed by atoms with Crippen molar-refractivity contribution in [1.29, 1.82) is 0 Å². The molecular formula is C14H12BrN3. The Morgan fingerprint density at radius 2 is 2.06 bits per heavy atom. The lowest BCUT2D eigenvalue weighted by Gasteiger charge is -2.07. The van der Waals surface area contributed by atoms with E-state index in [0.717, 1.165) is 27.7 Å². The summed E-state index contributed by atoms with van der Waals surface area (Å²) in [4.78, 5) is 7.46. The van der Waals surface area contributed by atoms with Gasteiger partial charge in [0.2, 0.25) is 0 Å². The summed E-state index contributed by atoms with van der Waals surface area (Å²) in [6.07, 6.45) is 3.80. The van der Waals surface area contributed by atoms with Crippen LogP contribution in [0.15, 0.2) is 53.3 Å². The van der Waals surface area contributed by atoms with Gasteiger partial charge in [-0.1, -0.05) is 12.1 Å². The van der Waals surface area contributed by atoms with E-state index in [-0.39, 0.29) is 0 Å². The minimum atomic E-state index is 0.772. The second kappa shape index (κ2) is 4.82. The third kappa shape index (κ3) is 2.11. The second-order valence-corrected chi connectivity index (χ2v) is 4.90. The molecule has 90 valence electrons. The molecule has 0 saturated carbocycles. The number of anilines is 1. The van der Waals surface area contributed by atoms with E-state index in [9.17, 15) is 0 Å². The first-order valence-electron chi connectivity index (χ1n) is 5.74. The number of aromatic nitrogens is 2. The van der Waals surface area contributed by atoms with Crippen LogP contribution < -0.4 is 5.32 Å². The van der Waals surface area contributed by atoms with Gasteiger partial charge in [0.1, 0.15) is 5.65 Å². The summed E-state index contributed by atoms with van der Waals surface area (Å²) < 4.78 is 1.07. The number of aromatic amines is 1. The molecule has 0 aliphatic heterocycles. The number of pyridine rings is 1. The average Bonchev–Trinajstić information content (AvgIpc) is 2.81. The first-order valence-corrected chi connectivity index (χ1v) is 6.53. The van der Waals surface area contributed by atoms with E-state index in [2.05, 4.69) is 43.3 Å². The van der Waals surface area contributed by atoms with Crippen LogP contribution in [-0.2, 0) is 6.54 Å². The standard InChI is InChI=1S/C14H12BrN3/c15-12-5-1-2-6-13(12)17-8-10-9-18-14-11(10)4-3-7-16-14/h1-7,9,17H,8H2,(H,16,18). The zero-order chi connectivity index (χ0) is 12.4. The van der Waals surface area contributed by atoms with Gasteiger partial charge in [0.15, 0.2) is 0 Å². The highest BCUT2D eigenvalue weighted by Crippen LogP contribution is 2.23. The Morgan fingerprint density at radius 3 is 2.94 bits per heavy atom. The monoisotopic (exact) mass is 301 g/mol. The topological polar surface area (TPSA) is 40.7 Å². The van der Waals surface area contributed by atoms with Crippen LogP contribution in [0.2, 0.25) is 0 Å². The summed E-state index contributed by atoms with van der Waals surface area (Å²) in [5.74, 6) is 0. The number of hydrogen-bond acceptors (Lipinski definition) is 2. The van der Waals surface area contributed by atoms with Gasteiger partial charge in [-0.25, -0.2) is 4.98 Å². The molecule has 0 amide bonds. The second-order valence-electron chi connectivity index (χ2n) is 4.05. The summed E-state index contributed by atoms with van der Waals surface area (Å²) in [5, 5.41) is 4.58. The molecule has 0 bridgehead atoms. The van der Waals surface area contributed by atoms with Crippen LogP contribution in [-0.4, -0.2) is 9.97 Å². The lowest BCUT2D eigenvalue weighted by Crippen LogP contribution is -1.99. The average molecular weight is 302 g/mol. The van der Waals surface area contributed by atoms with Gasteiger partial charge in [-0.2, -0.15) is 0 Å². The van der Waals surface area contributed by atoms with Crippen molar-refractivity contribution >= 4 is 32.7 Å². The molecule has 2 aromatic heterocycles. The van der Waals surface area contributed by atoms with Crippen molar-refractivity contribution < 1.29 is 0 Å². The third-order valence-corrected chi connectivity index (χ3v) is 3.57. The molecular weight excluding hydrogens is 290 g/mol. The fourth-order valence-corrected chi connectivity index (χ4v) is 2.38. The SMILES string of the molecule is Brc1ccccc1NCc1c[nH]c2ncccc12. The molecule has 0 saturated heterocycles. The Morgan fingerprint density at radius 1 is 1.17 bits per heavy atom. The molecule has 3 nitrogen and oxygen atoms in total. The maximum atomic E-state index is 4.28. The van der Waals surface area contributed by atoms with Crippen molar-refractivity contribution in [3.05, 3.63) is 58.8 Å².